The van der Waals surface area contributed by atoms with Crippen LogP contribution in [0.2, 0.25) is 0 Å². The molecule has 1 rings (SSSR count). The number of anilines is 2. The molecule has 0 atom stereocenters. The lowest BCUT2D eigenvalue weighted by Crippen LogP contribution is -2.22. The lowest BCUT2D eigenvalue weighted by molar-refractivity contribution is 0.598. The Kier molecular flexibility index (Phi) is 3.77. The Morgan fingerprint density at radius 1 is 1.33 bits per heavy atom. The Labute approximate surface area is 87.1 Å². The Morgan fingerprint density at radius 2 is 2.00 bits per heavy atom. The van der Waals surface area contributed by atoms with Crippen molar-refractivity contribution in [1.82, 2.24) is 9.97 Å². The Morgan fingerprint density at radius 3 is 2.60 bits per heavy atom. The van der Waals surface area contributed by atoms with E-state index in [1.54, 1.807) is 6.07 Å². The number of sulfonamides is 1. The maximum atomic E-state index is 10.6. The van der Waals surface area contributed by atoms with Gasteiger partial charge in [0, 0.05) is 12.6 Å². The summed E-state index contributed by atoms with van der Waals surface area (Å²) in [7, 11) is -3.46. The second-order valence-corrected chi connectivity index (χ2v) is 4.46. The summed E-state index contributed by atoms with van der Waals surface area (Å²) in [5, 5.41) is 7.59. The molecule has 15 heavy (non-hydrogen) atoms. The normalized spacial score (nSPS) is 11.1. The number of aromatic nitrogens is 2. The molecule has 0 aliphatic rings. The second kappa shape index (κ2) is 4.87. The maximum Gasteiger partial charge on any atom is 0.210 e. The van der Waals surface area contributed by atoms with Gasteiger partial charge in [-0.15, -0.1) is 0 Å². The largest absolute Gasteiger partial charge is 0.369 e. The molecule has 6 N–H and O–H groups in total. The van der Waals surface area contributed by atoms with Crippen LogP contribution >= 0.6 is 0 Å². The summed E-state index contributed by atoms with van der Waals surface area (Å²) in [6.45, 7) is 0.180. The first-order chi connectivity index (χ1) is 7.01. The third kappa shape index (κ3) is 4.54. The van der Waals surface area contributed by atoms with Crippen LogP contribution in [0.15, 0.2) is 12.4 Å². The van der Waals surface area contributed by atoms with Crippen molar-refractivity contribution in [3.8, 4) is 0 Å². The number of hydrazine groups is 1. The van der Waals surface area contributed by atoms with Crippen LogP contribution in [-0.4, -0.2) is 30.7 Å². The lowest BCUT2D eigenvalue weighted by atomic mass is 10.5. The van der Waals surface area contributed by atoms with Crippen LogP contribution in [0.5, 0.6) is 0 Å². The maximum absolute atomic E-state index is 10.6. The van der Waals surface area contributed by atoms with E-state index in [-0.39, 0.29) is 12.3 Å². The van der Waals surface area contributed by atoms with E-state index in [9.17, 15) is 8.42 Å². The van der Waals surface area contributed by atoms with Gasteiger partial charge in [-0.2, -0.15) is 0 Å². The molecule has 1 aromatic heterocycles. The number of rotatable bonds is 5. The molecule has 0 aliphatic carbocycles. The van der Waals surface area contributed by atoms with Crippen molar-refractivity contribution in [3.05, 3.63) is 12.4 Å². The van der Waals surface area contributed by atoms with Gasteiger partial charge in [0.1, 0.15) is 18.0 Å². The number of nitrogens with zero attached hydrogens (tertiary/aromatic N) is 2. The molecule has 0 radical (unpaired) electrons. The first kappa shape index (κ1) is 11.6. The van der Waals surface area contributed by atoms with Gasteiger partial charge in [0.2, 0.25) is 10.0 Å². The molecular weight excluding hydrogens is 220 g/mol. The highest BCUT2D eigenvalue weighted by Crippen LogP contribution is 2.06. The zero-order valence-corrected chi connectivity index (χ0v) is 8.66. The van der Waals surface area contributed by atoms with Gasteiger partial charge in [0.25, 0.3) is 0 Å². The molecule has 0 fully saturated rings. The van der Waals surface area contributed by atoms with Gasteiger partial charge >= 0.3 is 0 Å². The van der Waals surface area contributed by atoms with Crippen molar-refractivity contribution in [1.29, 1.82) is 0 Å². The van der Waals surface area contributed by atoms with E-state index in [0.29, 0.717) is 11.6 Å². The minimum atomic E-state index is -3.46. The fraction of sp³-hybridized carbons (Fsp3) is 0.333. The average molecular weight is 232 g/mol. The van der Waals surface area contributed by atoms with E-state index in [0.717, 1.165) is 0 Å². The summed E-state index contributed by atoms with van der Waals surface area (Å²) >= 11 is 0. The summed E-state index contributed by atoms with van der Waals surface area (Å²) in [6.07, 6.45) is 1.30. The summed E-state index contributed by atoms with van der Waals surface area (Å²) < 4.78 is 21.2. The molecule has 9 heteroatoms. The van der Waals surface area contributed by atoms with E-state index in [2.05, 4.69) is 20.7 Å². The van der Waals surface area contributed by atoms with Gasteiger partial charge in [-0.05, 0) is 0 Å². The van der Waals surface area contributed by atoms with Crippen LogP contribution in [0, 0.1) is 0 Å². The number of hydrogen-bond donors (Lipinski definition) is 4. The Hall–Kier alpha value is -1.45. The smallest absolute Gasteiger partial charge is 0.210 e. The van der Waals surface area contributed by atoms with Crippen molar-refractivity contribution < 1.29 is 8.42 Å². The summed E-state index contributed by atoms with van der Waals surface area (Å²) in [4.78, 5) is 7.64. The SMILES string of the molecule is NNc1cc(NCCS(N)(=O)=O)ncn1. The fourth-order valence-electron chi connectivity index (χ4n) is 0.854. The fourth-order valence-corrected chi connectivity index (χ4v) is 1.24. The summed E-state index contributed by atoms with van der Waals surface area (Å²) in [5.41, 5.74) is 2.34. The molecule has 1 heterocycles. The number of hydrogen-bond acceptors (Lipinski definition) is 7. The molecule has 1 aromatic rings. The highest BCUT2D eigenvalue weighted by molar-refractivity contribution is 7.89. The lowest BCUT2D eigenvalue weighted by Gasteiger charge is -2.05. The number of nitrogens with two attached hydrogens (primary N) is 2. The minimum absolute atomic E-state index is 0.164. The van der Waals surface area contributed by atoms with Crippen molar-refractivity contribution >= 4 is 21.7 Å². The van der Waals surface area contributed by atoms with Crippen molar-refractivity contribution in [2.45, 2.75) is 0 Å². The Balaban J connectivity index is 2.51. The monoisotopic (exact) mass is 232 g/mol. The van der Waals surface area contributed by atoms with Crippen LogP contribution < -0.4 is 21.7 Å². The molecule has 0 aromatic carbocycles. The van der Waals surface area contributed by atoms with Gasteiger partial charge < -0.3 is 10.7 Å². The van der Waals surface area contributed by atoms with Crippen molar-refractivity contribution in [2.24, 2.45) is 11.0 Å². The molecule has 0 unspecified atom stereocenters. The number of primary sulfonamides is 1. The van der Waals surface area contributed by atoms with Gasteiger partial charge in [-0.1, -0.05) is 0 Å². The number of nitrogens with one attached hydrogen (secondary N) is 2. The van der Waals surface area contributed by atoms with E-state index in [1.165, 1.54) is 6.33 Å². The first-order valence-corrected chi connectivity index (χ1v) is 5.76. The van der Waals surface area contributed by atoms with Crippen LogP contribution in [0.3, 0.4) is 0 Å². The van der Waals surface area contributed by atoms with Crippen LogP contribution in [0.25, 0.3) is 0 Å². The molecule has 84 valence electrons. The van der Waals surface area contributed by atoms with Crippen LogP contribution in [-0.2, 0) is 10.0 Å². The molecular formula is C6H12N6O2S. The van der Waals surface area contributed by atoms with Crippen LogP contribution in [0.1, 0.15) is 0 Å². The predicted molar refractivity (Wildman–Crippen MR) is 56.3 cm³/mol. The molecule has 0 spiro atoms. The molecule has 8 nitrogen and oxygen atoms in total. The molecule has 0 saturated heterocycles. The van der Waals surface area contributed by atoms with E-state index in [4.69, 9.17) is 11.0 Å². The first-order valence-electron chi connectivity index (χ1n) is 4.04. The van der Waals surface area contributed by atoms with Crippen molar-refractivity contribution in [2.75, 3.05) is 23.0 Å². The molecule has 0 amide bonds. The highest BCUT2D eigenvalue weighted by atomic mass is 32.2. The highest BCUT2D eigenvalue weighted by Gasteiger charge is 2.02. The zero-order chi connectivity index (χ0) is 11.3. The van der Waals surface area contributed by atoms with Gasteiger partial charge in [-0.25, -0.2) is 29.4 Å². The molecule has 0 saturated carbocycles. The standard InChI is InChI=1S/C6H12N6O2S/c7-12-6-3-5(10-4-11-6)9-1-2-15(8,13)14/h3-4H,1-2,7H2,(H2,8,13,14)(H2,9,10,11,12). The summed E-state index contributed by atoms with van der Waals surface area (Å²) in [6, 6.07) is 1.54. The number of nitrogen functional groups attached to an aromatic ring is 1. The topological polar surface area (TPSA) is 136 Å². The van der Waals surface area contributed by atoms with Gasteiger partial charge in [-0.3, -0.25) is 0 Å². The molecule has 0 bridgehead atoms. The third-order valence-electron chi connectivity index (χ3n) is 1.51. The van der Waals surface area contributed by atoms with Gasteiger partial charge in [0.15, 0.2) is 0 Å². The quantitative estimate of drug-likeness (QED) is 0.357. The molecule has 0 aliphatic heterocycles. The summed E-state index contributed by atoms with van der Waals surface area (Å²) in [5.74, 6) is 5.88. The van der Waals surface area contributed by atoms with Gasteiger partial charge in [0.05, 0.1) is 5.75 Å². The minimum Gasteiger partial charge on any atom is -0.369 e. The van der Waals surface area contributed by atoms with E-state index < -0.39 is 10.0 Å². The van der Waals surface area contributed by atoms with E-state index in [1.807, 2.05) is 0 Å². The zero-order valence-electron chi connectivity index (χ0n) is 7.84. The van der Waals surface area contributed by atoms with Crippen molar-refractivity contribution in [3.63, 3.8) is 0 Å². The third-order valence-corrected chi connectivity index (χ3v) is 2.28. The second-order valence-electron chi connectivity index (χ2n) is 2.73. The van der Waals surface area contributed by atoms with Crippen LogP contribution in [0.4, 0.5) is 11.6 Å². The average Bonchev–Trinajstić information content (AvgIpc) is 2.16. The van der Waals surface area contributed by atoms with E-state index >= 15 is 0 Å². The predicted octanol–water partition coefficient (Wildman–Crippen LogP) is -1.54. The Bertz CT molecular complexity index is 419.